The molecule has 0 saturated heterocycles. The second-order valence-electron chi connectivity index (χ2n) is 6.29. The molecule has 0 bridgehead atoms. The van der Waals surface area contributed by atoms with Crippen LogP contribution >= 0.6 is 11.6 Å². The van der Waals surface area contributed by atoms with Gasteiger partial charge in [-0.3, -0.25) is 10.1 Å². The molecule has 0 aromatic heterocycles. The van der Waals surface area contributed by atoms with Gasteiger partial charge in [-0.15, -0.1) is 0 Å². The van der Waals surface area contributed by atoms with Crippen LogP contribution in [0.15, 0.2) is 42.5 Å². The van der Waals surface area contributed by atoms with E-state index in [1.807, 2.05) is 0 Å². The molecule has 0 aliphatic heterocycles. The number of hydrogen-bond donors (Lipinski definition) is 0. The maximum atomic E-state index is 10.9. The van der Waals surface area contributed by atoms with Crippen molar-refractivity contribution in [3.8, 4) is 0 Å². The zero-order valence-corrected chi connectivity index (χ0v) is 13.8. The lowest BCUT2D eigenvalue weighted by Gasteiger charge is -2.22. The van der Waals surface area contributed by atoms with Crippen molar-refractivity contribution in [3.05, 3.63) is 74.3 Å². The predicted molar refractivity (Wildman–Crippen MR) is 93.2 cm³/mol. The fourth-order valence-electron chi connectivity index (χ4n) is 3.37. The Labute approximate surface area is 141 Å². The first-order valence-electron chi connectivity index (χ1n) is 8.15. The summed E-state index contributed by atoms with van der Waals surface area (Å²) in [7, 11) is 0. The van der Waals surface area contributed by atoms with Crippen molar-refractivity contribution in [1.29, 1.82) is 0 Å². The maximum Gasteiger partial charge on any atom is 0.269 e. The Balaban J connectivity index is 1.75. The SMILES string of the molecule is O=[N+]([O-])c1ccc(Cl)c(Cc2ccc(C3CCCCC3)cc2)c1. The average Bonchev–Trinajstić information content (AvgIpc) is 2.58. The third-order valence-corrected chi connectivity index (χ3v) is 5.06. The van der Waals surface area contributed by atoms with Gasteiger partial charge in [-0.1, -0.05) is 55.1 Å². The summed E-state index contributed by atoms with van der Waals surface area (Å²) in [5.41, 5.74) is 3.43. The van der Waals surface area contributed by atoms with E-state index in [9.17, 15) is 10.1 Å². The summed E-state index contributed by atoms with van der Waals surface area (Å²) in [6.07, 6.45) is 7.21. The number of non-ortho nitro benzene ring substituents is 1. The molecule has 23 heavy (non-hydrogen) atoms. The number of nitrogens with zero attached hydrogens (tertiary/aromatic N) is 1. The van der Waals surface area contributed by atoms with Crippen LogP contribution in [0.3, 0.4) is 0 Å². The molecule has 0 atom stereocenters. The molecule has 0 radical (unpaired) electrons. The number of halogens is 1. The zero-order chi connectivity index (χ0) is 16.2. The second kappa shape index (κ2) is 7.14. The van der Waals surface area contributed by atoms with Gasteiger partial charge in [-0.05, 0) is 47.9 Å². The van der Waals surface area contributed by atoms with Crippen LogP contribution in [0, 0.1) is 10.1 Å². The number of rotatable bonds is 4. The van der Waals surface area contributed by atoms with Crippen LogP contribution in [0.25, 0.3) is 0 Å². The van der Waals surface area contributed by atoms with Crippen molar-refractivity contribution in [2.45, 2.75) is 44.4 Å². The van der Waals surface area contributed by atoms with Crippen LogP contribution in [0.2, 0.25) is 5.02 Å². The molecule has 1 fully saturated rings. The van der Waals surface area contributed by atoms with Gasteiger partial charge in [0.1, 0.15) is 0 Å². The van der Waals surface area contributed by atoms with Gasteiger partial charge in [0.25, 0.3) is 5.69 Å². The van der Waals surface area contributed by atoms with E-state index < -0.39 is 0 Å². The molecule has 1 aliphatic carbocycles. The van der Waals surface area contributed by atoms with Gasteiger partial charge in [0, 0.05) is 17.2 Å². The number of nitro benzene ring substituents is 1. The first-order chi connectivity index (χ1) is 11.1. The monoisotopic (exact) mass is 329 g/mol. The molecule has 1 saturated carbocycles. The van der Waals surface area contributed by atoms with Crippen LogP contribution in [0.4, 0.5) is 5.69 Å². The fraction of sp³-hybridized carbons (Fsp3) is 0.368. The molecule has 0 spiro atoms. The van der Waals surface area contributed by atoms with Crippen molar-refractivity contribution in [2.24, 2.45) is 0 Å². The number of benzene rings is 2. The molecule has 2 aromatic carbocycles. The summed E-state index contributed by atoms with van der Waals surface area (Å²) in [6, 6.07) is 13.3. The first-order valence-corrected chi connectivity index (χ1v) is 8.53. The highest BCUT2D eigenvalue weighted by molar-refractivity contribution is 6.31. The van der Waals surface area contributed by atoms with Crippen molar-refractivity contribution in [2.75, 3.05) is 0 Å². The smallest absolute Gasteiger partial charge is 0.258 e. The Morgan fingerprint density at radius 3 is 2.39 bits per heavy atom. The second-order valence-corrected chi connectivity index (χ2v) is 6.69. The lowest BCUT2D eigenvalue weighted by molar-refractivity contribution is -0.384. The predicted octanol–water partition coefficient (Wildman–Crippen LogP) is 5.89. The maximum absolute atomic E-state index is 10.9. The lowest BCUT2D eigenvalue weighted by atomic mass is 9.84. The Kier molecular flexibility index (Phi) is 4.97. The molecular weight excluding hydrogens is 310 g/mol. The molecule has 0 unspecified atom stereocenters. The van der Waals surface area contributed by atoms with E-state index >= 15 is 0 Å². The molecule has 0 amide bonds. The van der Waals surface area contributed by atoms with E-state index in [1.165, 1.54) is 43.7 Å². The Hall–Kier alpha value is -1.87. The molecule has 3 nitrogen and oxygen atoms in total. The van der Waals surface area contributed by atoms with Crippen LogP contribution < -0.4 is 0 Å². The highest BCUT2D eigenvalue weighted by Gasteiger charge is 2.15. The lowest BCUT2D eigenvalue weighted by Crippen LogP contribution is -2.04. The molecule has 0 heterocycles. The molecule has 3 rings (SSSR count). The minimum Gasteiger partial charge on any atom is -0.258 e. The molecular formula is C19H20ClNO2. The Morgan fingerprint density at radius 1 is 1.04 bits per heavy atom. The average molecular weight is 330 g/mol. The van der Waals surface area contributed by atoms with E-state index in [0.717, 1.165) is 11.1 Å². The summed E-state index contributed by atoms with van der Waals surface area (Å²) in [5, 5.41) is 11.5. The quantitative estimate of drug-likeness (QED) is 0.518. The van der Waals surface area contributed by atoms with Gasteiger partial charge >= 0.3 is 0 Å². The van der Waals surface area contributed by atoms with Gasteiger partial charge in [0.15, 0.2) is 0 Å². The van der Waals surface area contributed by atoms with Gasteiger partial charge in [0.2, 0.25) is 0 Å². The van der Waals surface area contributed by atoms with Crippen LogP contribution in [-0.4, -0.2) is 4.92 Å². The summed E-state index contributed by atoms with van der Waals surface area (Å²) >= 11 is 6.18. The number of nitro groups is 1. The van der Waals surface area contributed by atoms with Gasteiger partial charge in [0.05, 0.1) is 4.92 Å². The number of hydrogen-bond acceptors (Lipinski definition) is 2. The molecule has 4 heteroatoms. The van der Waals surface area contributed by atoms with E-state index in [-0.39, 0.29) is 10.6 Å². The molecule has 120 valence electrons. The molecule has 1 aliphatic rings. The van der Waals surface area contributed by atoms with Gasteiger partial charge in [-0.2, -0.15) is 0 Å². The summed E-state index contributed by atoms with van der Waals surface area (Å²) in [4.78, 5) is 10.5. The standard InChI is InChI=1S/C19H20ClNO2/c20-19-11-10-18(21(22)23)13-17(19)12-14-6-8-16(9-7-14)15-4-2-1-3-5-15/h6-11,13,15H,1-5,12H2. The van der Waals surface area contributed by atoms with E-state index in [2.05, 4.69) is 24.3 Å². The molecule has 2 aromatic rings. The molecule has 0 N–H and O–H groups in total. The summed E-state index contributed by atoms with van der Waals surface area (Å²) in [6.45, 7) is 0. The van der Waals surface area contributed by atoms with E-state index in [4.69, 9.17) is 11.6 Å². The van der Waals surface area contributed by atoms with Crippen LogP contribution in [0.1, 0.15) is 54.7 Å². The van der Waals surface area contributed by atoms with Crippen molar-refractivity contribution in [1.82, 2.24) is 0 Å². The van der Waals surface area contributed by atoms with E-state index in [0.29, 0.717) is 17.4 Å². The first kappa shape index (κ1) is 16.0. The Bertz CT molecular complexity index is 691. The largest absolute Gasteiger partial charge is 0.269 e. The fourth-order valence-corrected chi connectivity index (χ4v) is 3.56. The van der Waals surface area contributed by atoms with Crippen molar-refractivity contribution < 1.29 is 4.92 Å². The summed E-state index contributed by atoms with van der Waals surface area (Å²) in [5.74, 6) is 0.694. The highest BCUT2D eigenvalue weighted by atomic mass is 35.5. The third-order valence-electron chi connectivity index (χ3n) is 4.69. The zero-order valence-electron chi connectivity index (χ0n) is 13.0. The van der Waals surface area contributed by atoms with Gasteiger partial charge in [-0.25, -0.2) is 0 Å². The van der Waals surface area contributed by atoms with Gasteiger partial charge < -0.3 is 0 Å². The topological polar surface area (TPSA) is 43.1 Å². The van der Waals surface area contributed by atoms with Crippen molar-refractivity contribution >= 4 is 17.3 Å². The summed E-state index contributed by atoms with van der Waals surface area (Å²) < 4.78 is 0. The normalized spacial score (nSPS) is 15.5. The van der Waals surface area contributed by atoms with Crippen LogP contribution in [0.5, 0.6) is 0 Å². The Morgan fingerprint density at radius 2 is 1.74 bits per heavy atom. The van der Waals surface area contributed by atoms with Crippen molar-refractivity contribution in [3.63, 3.8) is 0 Å². The third kappa shape index (κ3) is 3.91. The minimum absolute atomic E-state index is 0.0863. The van der Waals surface area contributed by atoms with E-state index in [1.54, 1.807) is 12.1 Å². The van der Waals surface area contributed by atoms with Crippen LogP contribution in [-0.2, 0) is 6.42 Å². The minimum atomic E-state index is -0.383. The highest BCUT2D eigenvalue weighted by Crippen LogP contribution is 2.33.